The molecule has 1 fully saturated rings. The van der Waals surface area contributed by atoms with Gasteiger partial charge in [-0.05, 0) is 49.8 Å². The van der Waals surface area contributed by atoms with E-state index in [1.54, 1.807) is 11.8 Å². The molecule has 0 N–H and O–H groups in total. The van der Waals surface area contributed by atoms with Crippen molar-refractivity contribution in [1.29, 1.82) is 0 Å². The van der Waals surface area contributed by atoms with Crippen LogP contribution in [0.5, 0.6) is 0 Å². The van der Waals surface area contributed by atoms with Crippen molar-refractivity contribution in [3.05, 3.63) is 56.0 Å². The molecule has 2 aliphatic rings. The first-order valence-electron chi connectivity index (χ1n) is 8.82. The van der Waals surface area contributed by atoms with E-state index in [2.05, 4.69) is 33.0 Å². The molecule has 2 heterocycles. The lowest BCUT2D eigenvalue weighted by molar-refractivity contribution is 0.0950. The summed E-state index contributed by atoms with van der Waals surface area (Å²) < 4.78 is 8.68. The van der Waals surface area contributed by atoms with Gasteiger partial charge in [0.15, 0.2) is 0 Å². The molecule has 0 radical (unpaired) electrons. The van der Waals surface area contributed by atoms with Crippen LogP contribution >= 0.6 is 27.7 Å². The Morgan fingerprint density at radius 1 is 1.24 bits per heavy atom. The molecule has 1 aromatic heterocycles. The minimum atomic E-state index is -0.116. The van der Waals surface area contributed by atoms with Crippen LogP contribution in [0.15, 0.2) is 38.6 Å². The summed E-state index contributed by atoms with van der Waals surface area (Å²) in [7, 11) is 0. The number of thioether (sulfide) groups is 1. The SMILES string of the molecule is O=c1nc(SCc2ccc(Br)cc2)c2c(n1C[C@H]1CCCO1)CCC2. The van der Waals surface area contributed by atoms with Crippen molar-refractivity contribution in [2.45, 2.75) is 55.5 Å². The molecule has 0 bridgehead atoms. The van der Waals surface area contributed by atoms with Crippen molar-refractivity contribution in [3.63, 3.8) is 0 Å². The van der Waals surface area contributed by atoms with Gasteiger partial charge in [0.1, 0.15) is 5.03 Å². The van der Waals surface area contributed by atoms with Gasteiger partial charge in [0.05, 0.1) is 12.6 Å². The first kappa shape index (κ1) is 17.3. The van der Waals surface area contributed by atoms with Gasteiger partial charge in [-0.3, -0.25) is 4.57 Å². The minimum absolute atomic E-state index is 0.116. The molecule has 0 unspecified atom stereocenters. The molecule has 1 aliphatic heterocycles. The van der Waals surface area contributed by atoms with E-state index in [1.807, 2.05) is 16.7 Å². The topological polar surface area (TPSA) is 44.1 Å². The van der Waals surface area contributed by atoms with Crippen molar-refractivity contribution in [2.24, 2.45) is 0 Å². The third-order valence-corrected chi connectivity index (χ3v) is 6.52. The maximum Gasteiger partial charge on any atom is 0.348 e. The van der Waals surface area contributed by atoms with Gasteiger partial charge in [-0.25, -0.2) is 4.79 Å². The van der Waals surface area contributed by atoms with Crippen LogP contribution in [0.2, 0.25) is 0 Å². The van der Waals surface area contributed by atoms with Gasteiger partial charge < -0.3 is 4.74 Å². The van der Waals surface area contributed by atoms with Crippen molar-refractivity contribution in [3.8, 4) is 0 Å². The highest BCUT2D eigenvalue weighted by Gasteiger charge is 2.25. The van der Waals surface area contributed by atoms with Gasteiger partial charge in [-0.15, -0.1) is 11.8 Å². The van der Waals surface area contributed by atoms with Crippen LogP contribution in [-0.4, -0.2) is 22.3 Å². The second-order valence-electron chi connectivity index (χ2n) is 6.64. The monoisotopic (exact) mass is 420 g/mol. The van der Waals surface area contributed by atoms with Crippen molar-refractivity contribution < 1.29 is 4.74 Å². The molecule has 0 amide bonds. The number of fused-ring (bicyclic) bond motifs is 1. The number of ether oxygens (including phenoxy) is 1. The third-order valence-electron chi connectivity index (χ3n) is 4.90. The van der Waals surface area contributed by atoms with Crippen molar-refractivity contribution >= 4 is 27.7 Å². The lowest BCUT2D eigenvalue weighted by Gasteiger charge is -2.17. The van der Waals surface area contributed by atoms with Crippen LogP contribution < -0.4 is 5.69 Å². The molecule has 1 aromatic carbocycles. The lowest BCUT2D eigenvalue weighted by atomic mass is 10.2. The zero-order valence-corrected chi connectivity index (χ0v) is 16.4. The molecule has 0 spiro atoms. The average Bonchev–Trinajstić information content (AvgIpc) is 3.29. The zero-order valence-electron chi connectivity index (χ0n) is 14.0. The van der Waals surface area contributed by atoms with E-state index in [9.17, 15) is 4.79 Å². The Labute approximate surface area is 160 Å². The molecule has 25 heavy (non-hydrogen) atoms. The number of aromatic nitrogens is 2. The third kappa shape index (κ3) is 3.86. The van der Waals surface area contributed by atoms with Crippen LogP contribution in [0.3, 0.4) is 0 Å². The Morgan fingerprint density at radius 2 is 2.08 bits per heavy atom. The summed E-state index contributed by atoms with van der Waals surface area (Å²) in [6, 6.07) is 8.31. The summed E-state index contributed by atoms with van der Waals surface area (Å²) in [5.41, 5.74) is 3.59. The van der Waals surface area contributed by atoms with Crippen LogP contribution in [0.25, 0.3) is 0 Å². The Kier molecular flexibility index (Phi) is 5.29. The Bertz CT molecular complexity index is 813. The highest BCUT2D eigenvalue weighted by Crippen LogP contribution is 2.31. The molecule has 132 valence electrons. The van der Waals surface area contributed by atoms with Crippen LogP contribution in [0.4, 0.5) is 0 Å². The zero-order chi connectivity index (χ0) is 17.2. The summed E-state index contributed by atoms with van der Waals surface area (Å²) >= 11 is 5.14. The van der Waals surface area contributed by atoms with E-state index in [1.165, 1.54) is 16.8 Å². The van der Waals surface area contributed by atoms with Crippen LogP contribution in [0.1, 0.15) is 36.1 Å². The molecule has 0 saturated carbocycles. The fourth-order valence-corrected chi connectivity index (χ4v) is 4.92. The van der Waals surface area contributed by atoms with E-state index in [4.69, 9.17) is 4.74 Å². The first-order valence-corrected chi connectivity index (χ1v) is 10.6. The number of hydrogen-bond donors (Lipinski definition) is 0. The number of rotatable bonds is 5. The second-order valence-corrected chi connectivity index (χ2v) is 8.52. The van der Waals surface area contributed by atoms with Crippen LogP contribution in [0, 0.1) is 0 Å². The van der Waals surface area contributed by atoms with Gasteiger partial charge in [-0.2, -0.15) is 4.98 Å². The number of hydrogen-bond acceptors (Lipinski definition) is 4. The summed E-state index contributed by atoms with van der Waals surface area (Å²) in [6.07, 6.45) is 5.42. The molecule has 1 aliphatic carbocycles. The standard InChI is InChI=1S/C19H21BrN2O2S/c20-14-8-6-13(7-9-14)12-25-18-16-4-1-5-17(16)22(19(23)21-18)11-15-3-2-10-24-15/h6-9,15H,1-5,10-12H2/t15-/m1/s1. The average molecular weight is 421 g/mol. The van der Waals surface area contributed by atoms with Gasteiger partial charge in [-0.1, -0.05) is 28.1 Å². The molecular weight excluding hydrogens is 400 g/mol. The van der Waals surface area contributed by atoms with Crippen LogP contribution in [-0.2, 0) is 29.9 Å². The van der Waals surface area contributed by atoms with Gasteiger partial charge >= 0.3 is 5.69 Å². The second kappa shape index (κ2) is 7.64. The minimum Gasteiger partial charge on any atom is -0.376 e. The summed E-state index contributed by atoms with van der Waals surface area (Å²) in [5, 5.41) is 0.920. The Balaban J connectivity index is 1.56. The van der Waals surface area contributed by atoms with E-state index in [-0.39, 0.29) is 11.8 Å². The van der Waals surface area contributed by atoms with Crippen molar-refractivity contribution in [2.75, 3.05) is 6.61 Å². The number of nitrogens with zero attached hydrogens (tertiary/aromatic N) is 2. The van der Waals surface area contributed by atoms with Crippen molar-refractivity contribution in [1.82, 2.24) is 9.55 Å². The lowest BCUT2D eigenvalue weighted by Crippen LogP contribution is -2.31. The van der Waals surface area contributed by atoms with E-state index in [0.717, 1.165) is 54.0 Å². The van der Waals surface area contributed by atoms with Gasteiger partial charge in [0, 0.05) is 28.1 Å². The summed E-state index contributed by atoms with van der Waals surface area (Å²) in [4.78, 5) is 17.0. The molecule has 4 nitrogen and oxygen atoms in total. The maximum absolute atomic E-state index is 12.6. The Hall–Kier alpha value is -1.11. The summed E-state index contributed by atoms with van der Waals surface area (Å²) in [5.74, 6) is 0.835. The maximum atomic E-state index is 12.6. The largest absolute Gasteiger partial charge is 0.376 e. The molecule has 6 heteroatoms. The fraction of sp³-hybridized carbons (Fsp3) is 0.474. The molecule has 4 rings (SSSR count). The normalized spacial score (nSPS) is 19.3. The van der Waals surface area contributed by atoms with E-state index >= 15 is 0 Å². The number of halogens is 1. The highest BCUT2D eigenvalue weighted by molar-refractivity contribution is 9.10. The number of benzene rings is 1. The molecule has 2 aromatic rings. The Morgan fingerprint density at radius 3 is 2.84 bits per heavy atom. The smallest absolute Gasteiger partial charge is 0.348 e. The molecular formula is C19H21BrN2O2S. The quantitative estimate of drug-likeness (QED) is 0.542. The fourth-order valence-electron chi connectivity index (χ4n) is 3.62. The predicted molar refractivity (Wildman–Crippen MR) is 103 cm³/mol. The van der Waals surface area contributed by atoms with E-state index < -0.39 is 0 Å². The van der Waals surface area contributed by atoms with Gasteiger partial charge in [0.2, 0.25) is 0 Å². The van der Waals surface area contributed by atoms with Gasteiger partial charge in [0.25, 0.3) is 0 Å². The summed E-state index contributed by atoms with van der Waals surface area (Å²) in [6.45, 7) is 1.47. The predicted octanol–water partition coefficient (Wildman–Crippen LogP) is 3.97. The first-order chi connectivity index (χ1) is 12.2. The van der Waals surface area contributed by atoms with E-state index in [0.29, 0.717) is 6.54 Å². The molecule has 1 saturated heterocycles. The highest BCUT2D eigenvalue weighted by atomic mass is 79.9. The molecule has 1 atom stereocenters.